The standard InChI is InChI=1S/C20H25NO2/c1-3-14-22-20(16-21(2)13-15-23-20)19-11-9-18(10-12-19)17-7-5-4-6-8-17/h4-12H,3,13-16H2,1-2H3. The number of morpholine rings is 1. The smallest absolute Gasteiger partial charge is 0.208 e. The lowest BCUT2D eigenvalue weighted by molar-refractivity contribution is -0.274. The Morgan fingerprint density at radius 3 is 2.39 bits per heavy atom. The quantitative estimate of drug-likeness (QED) is 0.836. The SMILES string of the molecule is CCCOC1(c2ccc(-c3ccccc3)cc2)CN(C)CCO1. The Morgan fingerprint density at radius 1 is 1.04 bits per heavy atom. The zero-order valence-electron chi connectivity index (χ0n) is 14.0. The van der Waals surface area contributed by atoms with E-state index in [4.69, 9.17) is 9.47 Å². The van der Waals surface area contributed by atoms with Gasteiger partial charge in [0.15, 0.2) is 0 Å². The molecular weight excluding hydrogens is 286 g/mol. The molecule has 1 heterocycles. The molecule has 0 aliphatic carbocycles. The van der Waals surface area contributed by atoms with Crippen LogP contribution >= 0.6 is 0 Å². The van der Waals surface area contributed by atoms with Crippen molar-refractivity contribution in [3.8, 4) is 11.1 Å². The van der Waals surface area contributed by atoms with Crippen LogP contribution in [0.1, 0.15) is 18.9 Å². The maximum Gasteiger partial charge on any atom is 0.208 e. The summed E-state index contributed by atoms with van der Waals surface area (Å²) in [6.07, 6.45) is 0.983. The third kappa shape index (κ3) is 3.63. The lowest BCUT2D eigenvalue weighted by atomic mass is 9.99. The van der Waals surface area contributed by atoms with Crippen LogP contribution in [-0.4, -0.2) is 38.3 Å². The molecule has 1 saturated heterocycles. The van der Waals surface area contributed by atoms with Crippen molar-refractivity contribution in [1.82, 2.24) is 4.90 Å². The molecule has 3 heteroatoms. The van der Waals surface area contributed by atoms with E-state index in [0.29, 0.717) is 13.2 Å². The van der Waals surface area contributed by atoms with E-state index in [1.165, 1.54) is 11.1 Å². The van der Waals surface area contributed by atoms with E-state index >= 15 is 0 Å². The van der Waals surface area contributed by atoms with Crippen LogP contribution in [0.25, 0.3) is 11.1 Å². The van der Waals surface area contributed by atoms with Gasteiger partial charge in [0.05, 0.1) is 19.8 Å². The van der Waals surface area contributed by atoms with Gasteiger partial charge in [0.1, 0.15) is 0 Å². The van der Waals surface area contributed by atoms with Gasteiger partial charge in [-0.3, -0.25) is 4.90 Å². The molecule has 2 aromatic rings. The average molecular weight is 311 g/mol. The molecule has 0 spiro atoms. The van der Waals surface area contributed by atoms with Gasteiger partial charge in [-0.15, -0.1) is 0 Å². The Balaban J connectivity index is 1.87. The molecule has 0 radical (unpaired) electrons. The fraction of sp³-hybridized carbons (Fsp3) is 0.400. The van der Waals surface area contributed by atoms with E-state index in [2.05, 4.69) is 67.4 Å². The molecule has 0 amide bonds. The highest BCUT2D eigenvalue weighted by Crippen LogP contribution is 2.32. The number of ether oxygens (including phenoxy) is 2. The first-order chi connectivity index (χ1) is 11.2. The van der Waals surface area contributed by atoms with Gasteiger partial charge in [0.2, 0.25) is 5.79 Å². The predicted octanol–water partition coefficient (Wildman–Crippen LogP) is 3.90. The van der Waals surface area contributed by atoms with Crippen LogP contribution in [-0.2, 0) is 15.3 Å². The van der Waals surface area contributed by atoms with E-state index in [0.717, 1.165) is 25.1 Å². The molecular formula is C20H25NO2. The van der Waals surface area contributed by atoms with Crippen LogP contribution < -0.4 is 0 Å². The zero-order chi connectivity index (χ0) is 16.1. The summed E-state index contributed by atoms with van der Waals surface area (Å²) in [4.78, 5) is 2.27. The summed E-state index contributed by atoms with van der Waals surface area (Å²) in [5.41, 5.74) is 3.53. The Hall–Kier alpha value is -1.68. The number of benzene rings is 2. The van der Waals surface area contributed by atoms with Crippen LogP contribution in [0.2, 0.25) is 0 Å². The summed E-state index contributed by atoms with van der Waals surface area (Å²) >= 11 is 0. The van der Waals surface area contributed by atoms with Crippen LogP contribution in [0.5, 0.6) is 0 Å². The molecule has 1 atom stereocenters. The van der Waals surface area contributed by atoms with Crippen molar-refractivity contribution in [3.05, 3.63) is 60.2 Å². The van der Waals surface area contributed by atoms with E-state index in [1.807, 2.05) is 6.07 Å². The molecule has 3 rings (SSSR count). The normalized spacial score (nSPS) is 22.2. The van der Waals surface area contributed by atoms with Gasteiger partial charge in [0, 0.05) is 12.1 Å². The second-order valence-electron chi connectivity index (χ2n) is 6.13. The number of hydrogen-bond donors (Lipinski definition) is 0. The van der Waals surface area contributed by atoms with Crippen LogP contribution in [0.3, 0.4) is 0 Å². The molecule has 1 fully saturated rings. The molecule has 1 aliphatic heterocycles. The minimum atomic E-state index is -0.641. The number of likely N-dealkylation sites (N-methyl/N-ethyl adjacent to an activating group) is 1. The van der Waals surface area contributed by atoms with Gasteiger partial charge < -0.3 is 9.47 Å². The molecule has 1 aliphatic rings. The topological polar surface area (TPSA) is 21.7 Å². The Morgan fingerprint density at radius 2 is 1.74 bits per heavy atom. The van der Waals surface area contributed by atoms with E-state index in [1.54, 1.807) is 0 Å². The first kappa shape index (κ1) is 16.2. The van der Waals surface area contributed by atoms with Gasteiger partial charge in [0.25, 0.3) is 0 Å². The molecule has 122 valence electrons. The monoisotopic (exact) mass is 311 g/mol. The summed E-state index contributed by atoms with van der Waals surface area (Å²) in [6.45, 7) is 5.23. The highest BCUT2D eigenvalue weighted by atomic mass is 16.7. The fourth-order valence-corrected chi connectivity index (χ4v) is 3.01. The highest BCUT2D eigenvalue weighted by molar-refractivity contribution is 5.63. The van der Waals surface area contributed by atoms with Crippen molar-refractivity contribution in [1.29, 1.82) is 0 Å². The third-order valence-corrected chi connectivity index (χ3v) is 4.26. The minimum absolute atomic E-state index is 0.641. The molecule has 0 saturated carbocycles. The maximum atomic E-state index is 6.16. The van der Waals surface area contributed by atoms with Crippen LogP contribution in [0.4, 0.5) is 0 Å². The van der Waals surface area contributed by atoms with Crippen molar-refractivity contribution >= 4 is 0 Å². The second-order valence-corrected chi connectivity index (χ2v) is 6.13. The first-order valence-corrected chi connectivity index (χ1v) is 8.36. The molecule has 2 aromatic carbocycles. The molecule has 23 heavy (non-hydrogen) atoms. The van der Waals surface area contributed by atoms with E-state index in [9.17, 15) is 0 Å². The summed E-state index contributed by atoms with van der Waals surface area (Å²) in [7, 11) is 2.12. The molecule has 0 aromatic heterocycles. The van der Waals surface area contributed by atoms with Crippen molar-refractivity contribution < 1.29 is 9.47 Å². The Labute approximate surface area is 138 Å². The van der Waals surface area contributed by atoms with Crippen LogP contribution in [0.15, 0.2) is 54.6 Å². The lowest BCUT2D eigenvalue weighted by Gasteiger charge is -2.41. The Bertz CT molecular complexity index is 611. The third-order valence-electron chi connectivity index (χ3n) is 4.26. The molecule has 0 N–H and O–H groups in total. The molecule has 3 nitrogen and oxygen atoms in total. The fourth-order valence-electron chi connectivity index (χ4n) is 3.01. The number of rotatable bonds is 5. The average Bonchev–Trinajstić information content (AvgIpc) is 2.61. The van der Waals surface area contributed by atoms with Crippen LogP contribution in [0, 0.1) is 0 Å². The Kier molecular flexibility index (Phi) is 5.11. The summed E-state index contributed by atoms with van der Waals surface area (Å²) < 4.78 is 12.3. The largest absolute Gasteiger partial charge is 0.345 e. The van der Waals surface area contributed by atoms with Gasteiger partial charge in [-0.1, -0.05) is 61.5 Å². The van der Waals surface area contributed by atoms with Crippen molar-refractivity contribution in [2.75, 3.05) is 33.4 Å². The van der Waals surface area contributed by atoms with Gasteiger partial charge in [-0.05, 0) is 24.6 Å². The van der Waals surface area contributed by atoms with Crippen molar-refractivity contribution in [3.63, 3.8) is 0 Å². The van der Waals surface area contributed by atoms with E-state index < -0.39 is 5.79 Å². The van der Waals surface area contributed by atoms with Crippen molar-refractivity contribution in [2.24, 2.45) is 0 Å². The molecule has 0 bridgehead atoms. The van der Waals surface area contributed by atoms with Crippen molar-refractivity contribution in [2.45, 2.75) is 19.1 Å². The van der Waals surface area contributed by atoms with Gasteiger partial charge in [-0.25, -0.2) is 0 Å². The molecule has 1 unspecified atom stereocenters. The van der Waals surface area contributed by atoms with Gasteiger partial charge >= 0.3 is 0 Å². The summed E-state index contributed by atoms with van der Waals surface area (Å²) in [6, 6.07) is 19.0. The minimum Gasteiger partial charge on any atom is -0.345 e. The summed E-state index contributed by atoms with van der Waals surface area (Å²) in [5, 5.41) is 0. The van der Waals surface area contributed by atoms with E-state index in [-0.39, 0.29) is 0 Å². The first-order valence-electron chi connectivity index (χ1n) is 8.36. The maximum absolute atomic E-state index is 6.16. The second kappa shape index (κ2) is 7.26. The zero-order valence-corrected chi connectivity index (χ0v) is 14.0. The highest BCUT2D eigenvalue weighted by Gasteiger charge is 2.38. The number of nitrogens with zero attached hydrogens (tertiary/aromatic N) is 1. The lowest BCUT2D eigenvalue weighted by Crippen LogP contribution is -2.50. The predicted molar refractivity (Wildman–Crippen MR) is 93.2 cm³/mol. The van der Waals surface area contributed by atoms with Gasteiger partial charge in [-0.2, -0.15) is 0 Å². The summed E-state index contributed by atoms with van der Waals surface area (Å²) in [5.74, 6) is -0.641. The number of hydrogen-bond acceptors (Lipinski definition) is 3.